The molecule has 0 amide bonds. The molecule has 0 aliphatic carbocycles. The van der Waals surface area contributed by atoms with Crippen molar-refractivity contribution in [2.24, 2.45) is 23.7 Å². The summed E-state index contributed by atoms with van der Waals surface area (Å²) >= 11 is 0. The van der Waals surface area contributed by atoms with Crippen molar-refractivity contribution in [1.29, 1.82) is 5.26 Å². The van der Waals surface area contributed by atoms with E-state index in [0.717, 1.165) is 22.8 Å². The molecule has 0 spiro atoms. The lowest BCUT2D eigenvalue weighted by molar-refractivity contribution is -0.307. The Kier molecular flexibility index (Phi) is 16.9. The maximum atomic E-state index is 13.3. The van der Waals surface area contributed by atoms with Crippen LogP contribution in [0.4, 0.5) is 0 Å². The Labute approximate surface area is 330 Å². The molecule has 4 rings (SSSR count). The number of pyridine rings is 1. The summed E-state index contributed by atoms with van der Waals surface area (Å²) in [7, 11) is 3.63. The summed E-state index contributed by atoms with van der Waals surface area (Å²) in [4.78, 5) is 44.9. The molecule has 1 fully saturated rings. The van der Waals surface area contributed by atoms with Gasteiger partial charge in [0.1, 0.15) is 37.1 Å². The van der Waals surface area contributed by atoms with E-state index in [1.54, 1.807) is 39.8 Å². The van der Waals surface area contributed by atoms with Crippen LogP contribution in [0.5, 0.6) is 0 Å². The number of fused-ring (bicyclic) bond motifs is 1. The molecule has 56 heavy (non-hydrogen) atoms. The van der Waals surface area contributed by atoms with E-state index in [9.17, 15) is 29.9 Å². The van der Waals surface area contributed by atoms with E-state index in [4.69, 9.17) is 18.9 Å². The smallest absolute Gasteiger partial charge is 0.308 e. The molecule has 1 aromatic heterocycles. The first kappa shape index (κ1) is 44.4. The number of para-hydroxylation sites is 1. The van der Waals surface area contributed by atoms with Crippen molar-refractivity contribution in [2.45, 2.75) is 116 Å². The lowest BCUT2D eigenvalue weighted by atomic mass is 9.79. The highest BCUT2D eigenvalue weighted by atomic mass is 16.7. The zero-order chi connectivity index (χ0) is 40.9. The number of aldehydes is 1. The highest BCUT2D eigenvalue weighted by Gasteiger charge is 2.48. The number of carbonyl (C=O) groups excluding carboxylic acids is 3. The number of hydrogen-bond acceptors (Lipinski definition) is 12. The number of cyclic esters (lactones) is 1. The van der Waals surface area contributed by atoms with Crippen molar-refractivity contribution < 1.29 is 43.5 Å². The molecule has 0 bridgehead atoms. The third-order valence-electron chi connectivity index (χ3n) is 10.8. The number of ketones is 1. The van der Waals surface area contributed by atoms with Crippen LogP contribution in [0.15, 0.2) is 60.3 Å². The Hall–Kier alpha value is -4.27. The van der Waals surface area contributed by atoms with Crippen molar-refractivity contribution in [2.75, 3.05) is 20.7 Å². The number of carbonyl (C=O) groups is 3. The number of aromatic nitrogens is 1. The predicted molar refractivity (Wildman–Crippen MR) is 211 cm³/mol. The number of rotatable bonds is 9. The van der Waals surface area contributed by atoms with Gasteiger partial charge in [0.25, 0.3) is 0 Å². The van der Waals surface area contributed by atoms with Crippen LogP contribution in [0, 0.1) is 46.8 Å². The van der Waals surface area contributed by atoms with Gasteiger partial charge < -0.3 is 38.9 Å². The Morgan fingerprint density at radius 3 is 2.54 bits per heavy atom. The molecule has 12 atom stereocenters. The Morgan fingerprint density at radius 2 is 1.84 bits per heavy atom. The minimum absolute atomic E-state index is 0.0106. The number of esters is 1. The van der Waals surface area contributed by atoms with Gasteiger partial charge in [-0.25, -0.2) is 0 Å². The van der Waals surface area contributed by atoms with Gasteiger partial charge in [0.2, 0.25) is 0 Å². The van der Waals surface area contributed by atoms with Gasteiger partial charge in [0.05, 0.1) is 42.4 Å². The number of allylic oxidation sites excluding steroid dienone is 3. The van der Waals surface area contributed by atoms with E-state index in [1.807, 2.05) is 56.4 Å². The lowest BCUT2D eigenvalue weighted by Crippen LogP contribution is -2.64. The zero-order valence-electron chi connectivity index (χ0n) is 33.5. The van der Waals surface area contributed by atoms with Crippen LogP contribution in [-0.2, 0) is 39.8 Å². The Bertz CT molecular complexity index is 1810. The predicted octanol–water partition coefficient (Wildman–Crippen LogP) is 4.75. The molecule has 2 aliphatic heterocycles. The fourth-order valence-corrected chi connectivity index (χ4v) is 7.54. The van der Waals surface area contributed by atoms with Crippen LogP contribution in [0.2, 0.25) is 0 Å². The molecule has 302 valence electrons. The number of nitrogens with zero attached hydrogens (tertiary/aromatic N) is 3. The first-order valence-corrected chi connectivity index (χ1v) is 19.4. The summed E-state index contributed by atoms with van der Waals surface area (Å²) in [6, 6.07) is 11.5. The fraction of sp³-hybridized carbons (Fsp3) is 0.568. The normalized spacial score (nSPS) is 33.7. The quantitative estimate of drug-likeness (QED) is 0.204. The number of hydrogen-bond donors (Lipinski definition) is 2. The second-order valence-electron chi connectivity index (χ2n) is 15.3. The van der Waals surface area contributed by atoms with E-state index < -0.39 is 85.0 Å². The van der Waals surface area contributed by atoms with Crippen LogP contribution >= 0.6 is 0 Å². The molecule has 12 heteroatoms. The number of ether oxygens (including phenoxy) is 4. The molecular formula is C44H57N3O9. The average Bonchev–Trinajstić information content (AvgIpc) is 3.17. The summed E-state index contributed by atoms with van der Waals surface area (Å²) in [6.07, 6.45) is 1.31. The monoisotopic (exact) mass is 771 g/mol. The standard InChI is InChI=1S/C44H57N3O9/c1-8-38-34(25-45)21-27(2)16-17-36(49)28(3)22-33(18-19-48)42(29(4)37(50)24-39(51)55-38)56-44-41(52)40(47(6)7)43(30(5)54-44)53-20-12-11-13-31-23-32-14-9-10-15-35(32)46-26-31/h9-10,14-17,19,21,23,26,28-30,33-34,37-38,40-44,50,52H,8,13,18,20,22,24H2,1-7H3/b17-16+,27-21+/t28-,29+,30-,33+,34-,37-,38-,40-,41-,42-,43-,44+/m1/s1. The SMILES string of the molecule is CC[C@H]1OC(=O)C[C@@H](O)[C@H](C)[C@@H](O[C@@H]2O[C@H](C)[C@@H](OCC#CCc3cnc4ccccc4c3)[C@H](N(C)C)[C@H]2O)[C@@H](CC=O)C[C@@H](C)C(=O)/C=C/C(C)=C/[C@@H]1C#N. The van der Waals surface area contributed by atoms with E-state index in [-0.39, 0.29) is 25.2 Å². The lowest BCUT2D eigenvalue weighted by Gasteiger charge is -2.47. The summed E-state index contributed by atoms with van der Waals surface area (Å²) in [5, 5.41) is 34.2. The molecule has 0 unspecified atom stereocenters. The molecule has 12 nitrogen and oxygen atoms in total. The maximum absolute atomic E-state index is 13.3. The van der Waals surface area contributed by atoms with Crippen LogP contribution in [0.1, 0.15) is 65.9 Å². The topological polar surface area (TPSA) is 169 Å². The number of likely N-dealkylation sites (N-methyl/N-ethyl adjacent to an activating group) is 1. The maximum Gasteiger partial charge on any atom is 0.308 e. The van der Waals surface area contributed by atoms with Crippen LogP contribution in [0.25, 0.3) is 10.9 Å². The second-order valence-corrected chi connectivity index (χ2v) is 15.3. The van der Waals surface area contributed by atoms with E-state index in [1.165, 1.54) is 6.08 Å². The van der Waals surface area contributed by atoms with Gasteiger partial charge in [-0.05, 0) is 70.5 Å². The molecule has 0 radical (unpaired) electrons. The molecule has 2 N–H and O–H groups in total. The molecule has 1 aromatic carbocycles. The first-order chi connectivity index (χ1) is 26.8. The van der Waals surface area contributed by atoms with Gasteiger partial charge in [-0.3, -0.25) is 14.6 Å². The molecule has 1 saturated heterocycles. The number of nitriles is 1. The first-order valence-electron chi connectivity index (χ1n) is 19.4. The van der Waals surface area contributed by atoms with Crippen molar-refractivity contribution in [3.05, 3.63) is 65.9 Å². The van der Waals surface area contributed by atoms with E-state index in [0.29, 0.717) is 18.4 Å². The highest BCUT2D eigenvalue weighted by Crippen LogP contribution is 2.35. The minimum Gasteiger partial charge on any atom is -0.461 e. The molecule has 3 heterocycles. The minimum atomic E-state index is -1.29. The van der Waals surface area contributed by atoms with Crippen LogP contribution in [-0.4, -0.2) is 108 Å². The van der Waals surface area contributed by atoms with E-state index in [2.05, 4.69) is 29.0 Å². The van der Waals surface area contributed by atoms with Crippen molar-refractivity contribution >= 4 is 28.9 Å². The van der Waals surface area contributed by atoms with Crippen molar-refractivity contribution in [3.63, 3.8) is 0 Å². The average molecular weight is 772 g/mol. The third kappa shape index (κ3) is 11.9. The summed E-state index contributed by atoms with van der Waals surface area (Å²) < 4.78 is 24.8. The molecule has 0 saturated carbocycles. The molecule has 2 aliphatic rings. The van der Waals surface area contributed by atoms with Crippen molar-refractivity contribution in [1.82, 2.24) is 9.88 Å². The van der Waals surface area contributed by atoms with Crippen LogP contribution in [0.3, 0.4) is 0 Å². The van der Waals surface area contributed by atoms with Gasteiger partial charge in [0, 0.05) is 36.3 Å². The van der Waals surface area contributed by atoms with Gasteiger partial charge in [-0.1, -0.05) is 68.5 Å². The van der Waals surface area contributed by atoms with E-state index >= 15 is 0 Å². The van der Waals surface area contributed by atoms with Gasteiger partial charge in [-0.15, -0.1) is 0 Å². The zero-order valence-corrected chi connectivity index (χ0v) is 33.5. The second kappa shape index (κ2) is 21.3. The largest absolute Gasteiger partial charge is 0.461 e. The molecule has 2 aromatic rings. The van der Waals surface area contributed by atoms with Gasteiger partial charge in [0.15, 0.2) is 12.1 Å². The highest BCUT2D eigenvalue weighted by molar-refractivity contribution is 5.91. The van der Waals surface area contributed by atoms with Crippen molar-refractivity contribution in [3.8, 4) is 17.9 Å². The van der Waals surface area contributed by atoms with Gasteiger partial charge >= 0.3 is 5.97 Å². The summed E-state index contributed by atoms with van der Waals surface area (Å²) in [6.45, 7) is 8.91. The number of benzene rings is 1. The van der Waals surface area contributed by atoms with Crippen LogP contribution < -0.4 is 0 Å². The Morgan fingerprint density at radius 1 is 1.09 bits per heavy atom. The number of aliphatic hydroxyl groups is 2. The fourth-order valence-electron chi connectivity index (χ4n) is 7.54. The third-order valence-corrected chi connectivity index (χ3v) is 10.8. The summed E-state index contributed by atoms with van der Waals surface area (Å²) in [5.74, 6) is 2.65. The molecular weight excluding hydrogens is 714 g/mol. The number of aliphatic hydroxyl groups excluding tert-OH is 2. The Balaban J connectivity index is 1.55. The summed E-state index contributed by atoms with van der Waals surface area (Å²) in [5.41, 5.74) is 2.56. The van der Waals surface area contributed by atoms with Gasteiger partial charge in [-0.2, -0.15) is 5.26 Å².